The van der Waals surface area contributed by atoms with Crippen LogP contribution in [0.3, 0.4) is 0 Å². The lowest BCUT2D eigenvalue weighted by molar-refractivity contribution is 0.678. The molecule has 0 radical (unpaired) electrons. The Balaban J connectivity index is 1.53. The first kappa shape index (κ1) is 28.6. The second-order valence-electron chi connectivity index (χ2n) is 11.0. The van der Waals surface area contributed by atoms with Gasteiger partial charge < -0.3 is 0 Å². The first-order chi connectivity index (χ1) is 21.8. The van der Waals surface area contributed by atoms with Gasteiger partial charge in [0.1, 0.15) is 0 Å². The van der Waals surface area contributed by atoms with E-state index in [9.17, 15) is 0 Å². The SMILES string of the molecule is C=C(/C=C\c1ccccc1)c1ccccccc(-c2ccccccc(C3=CC=CC4C=CC=CC34)c3ccccc23)cc1. The van der Waals surface area contributed by atoms with Crippen LogP contribution < -0.4 is 0 Å². The molecule has 2 atom stereocenters. The van der Waals surface area contributed by atoms with Gasteiger partial charge in [-0.15, -0.1) is 0 Å². The van der Waals surface area contributed by atoms with Gasteiger partial charge in [0.05, 0.1) is 0 Å². The van der Waals surface area contributed by atoms with Crippen molar-refractivity contribution in [2.75, 3.05) is 0 Å². The average molecular weight is 565 g/mol. The van der Waals surface area contributed by atoms with Crippen molar-refractivity contribution >= 4 is 28.0 Å². The molecule has 0 spiro atoms. The van der Waals surface area contributed by atoms with Crippen LogP contribution in [-0.2, 0) is 0 Å². The molecule has 0 N–H and O–H groups in total. The normalized spacial score (nSPS) is 16.5. The summed E-state index contributed by atoms with van der Waals surface area (Å²) in [5, 5.41) is 2.43. The van der Waals surface area contributed by atoms with E-state index in [1.807, 2.05) is 6.07 Å². The summed E-state index contributed by atoms with van der Waals surface area (Å²) in [5.74, 6) is 0.687. The van der Waals surface area contributed by atoms with Gasteiger partial charge in [0.15, 0.2) is 0 Å². The summed E-state index contributed by atoms with van der Waals surface area (Å²) < 4.78 is 0. The highest BCUT2D eigenvalue weighted by Gasteiger charge is 2.24. The molecule has 0 amide bonds. The van der Waals surface area contributed by atoms with Crippen LogP contribution in [0.4, 0.5) is 0 Å². The summed E-state index contributed by atoms with van der Waals surface area (Å²) in [6.45, 7) is 4.40. The Morgan fingerprint density at radius 3 is 1.91 bits per heavy atom. The van der Waals surface area contributed by atoms with Crippen molar-refractivity contribution < 1.29 is 0 Å². The lowest BCUT2D eigenvalue weighted by Gasteiger charge is -2.27. The van der Waals surface area contributed by atoms with Crippen molar-refractivity contribution in [2.45, 2.75) is 0 Å². The van der Waals surface area contributed by atoms with Crippen molar-refractivity contribution in [3.63, 3.8) is 0 Å². The summed E-state index contributed by atoms with van der Waals surface area (Å²) in [6, 6.07) is 49.2. The van der Waals surface area contributed by atoms with Crippen LogP contribution in [0, 0.1) is 11.8 Å². The molecule has 2 aliphatic carbocycles. The molecule has 0 nitrogen and oxygen atoms in total. The van der Waals surface area contributed by atoms with E-state index in [1.165, 1.54) is 21.9 Å². The summed E-state index contributed by atoms with van der Waals surface area (Å²) >= 11 is 0. The van der Waals surface area contributed by atoms with E-state index in [0.717, 1.165) is 27.8 Å². The third kappa shape index (κ3) is 6.77. The zero-order valence-electron chi connectivity index (χ0n) is 24.8. The third-order valence-corrected chi connectivity index (χ3v) is 8.11. The molecule has 44 heavy (non-hydrogen) atoms. The van der Waals surface area contributed by atoms with Crippen LogP contribution in [0.5, 0.6) is 0 Å². The summed E-state index contributed by atoms with van der Waals surface area (Å²) in [6.07, 6.45) is 20.0. The van der Waals surface area contributed by atoms with E-state index in [1.54, 1.807) is 0 Å². The topological polar surface area (TPSA) is 0 Å². The molecule has 2 unspecified atom stereocenters. The van der Waals surface area contributed by atoms with Crippen LogP contribution in [0.15, 0.2) is 195 Å². The molecule has 0 bridgehead atoms. The molecular weight excluding hydrogens is 528 g/mol. The maximum absolute atomic E-state index is 4.40. The molecule has 4 aromatic rings. The van der Waals surface area contributed by atoms with Gasteiger partial charge in [0.2, 0.25) is 0 Å². The number of allylic oxidation sites excluding steroid dienone is 10. The predicted molar refractivity (Wildman–Crippen MR) is 192 cm³/mol. The largest absolute Gasteiger partial charge is 0.0912 e. The second kappa shape index (κ2) is 14.1. The Morgan fingerprint density at radius 2 is 1.11 bits per heavy atom. The van der Waals surface area contributed by atoms with Gasteiger partial charge in [-0.25, -0.2) is 0 Å². The van der Waals surface area contributed by atoms with Gasteiger partial charge in [-0.05, 0) is 49.7 Å². The Kier molecular flexibility index (Phi) is 9.21. The summed E-state index contributed by atoms with van der Waals surface area (Å²) in [5.41, 5.74) is 8.04. The Hall–Kier alpha value is -5.46. The van der Waals surface area contributed by atoms with Crippen molar-refractivity contribution in [1.82, 2.24) is 0 Å². The fraction of sp³-hybridized carbons (Fsp3) is 0.0455. The van der Waals surface area contributed by atoms with Crippen LogP contribution in [0.1, 0.15) is 16.7 Å². The maximum atomic E-state index is 4.40. The lowest BCUT2D eigenvalue weighted by Crippen LogP contribution is -2.15. The molecule has 0 saturated carbocycles. The van der Waals surface area contributed by atoms with E-state index >= 15 is 0 Å². The Bertz CT molecular complexity index is 1930. The monoisotopic (exact) mass is 564 g/mol. The van der Waals surface area contributed by atoms with E-state index in [0.29, 0.717) is 11.8 Å². The third-order valence-electron chi connectivity index (χ3n) is 8.11. The fourth-order valence-electron chi connectivity index (χ4n) is 5.84. The molecular formula is C44H36. The van der Waals surface area contributed by atoms with Crippen LogP contribution in [0.2, 0.25) is 0 Å². The maximum Gasteiger partial charge on any atom is 0.0125 e. The van der Waals surface area contributed by atoms with Crippen molar-refractivity contribution in [2.24, 2.45) is 11.8 Å². The Morgan fingerprint density at radius 1 is 0.523 bits per heavy atom. The molecule has 2 aliphatic rings. The molecule has 0 fully saturated rings. The molecule has 0 saturated heterocycles. The van der Waals surface area contributed by atoms with Crippen molar-refractivity contribution in [1.29, 1.82) is 0 Å². The zero-order valence-corrected chi connectivity index (χ0v) is 24.8. The van der Waals surface area contributed by atoms with Gasteiger partial charge in [0, 0.05) is 11.8 Å². The van der Waals surface area contributed by atoms with Crippen molar-refractivity contribution in [3.8, 4) is 11.1 Å². The second-order valence-corrected chi connectivity index (χ2v) is 11.0. The lowest BCUT2D eigenvalue weighted by atomic mass is 9.76. The van der Waals surface area contributed by atoms with E-state index in [4.69, 9.17) is 0 Å². The minimum Gasteiger partial charge on any atom is -0.0912 e. The molecule has 0 aliphatic heterocycles. The standard InChI is InChI=1S/C44H36/c1-34(30-31-35-18-7-6-8-19-35)36-20-9-2-3-10-21-38(33-32-36)40-24-11-4-5-12-26-43(44-28-16-15-27-41(40)44)42-29-17-23-37-22-13-14-25-39(37)42/h2-33,37,39H,1H2/b3-2?,5-4?,9-2?,10-3?,11-4?,12-5?,20-9?,21-10?,24-11?,26-12?,31-30-,33-32?,36-20?,36-32?,38-21?,38-33?,40-24?,41-40?,43-26?,44-43?. The van der Waals surface area contributed by atoms with Gasteiger partial charge >= 0.3 is 0 Å². The predicted octanol–water partition coefficient (Wildman–Crippen LogP) is 11.8. The smallest absolute Gasteiger partial charge is 0.0125 e. The average Bonchev–Trinajstić information content (AvgIpc) is 3.08. The number of rotatable bonds is 5. The van der Waals surface area contributed by atoms with Gasteiger partial charge in [-0.1, -0.05) is 201 Å². The number of hydrogen-bond acceptors (Lipinski definition) is 0. The van der Waals surface area contributed by atoms with Gasteiger partial charge in [0.25, 0.3) is 0 Å². The van der Waals surface area contributed by atoms with Crippen molar-refractivity contribution in [3.05, 3.63) is 211 Å². The highest BCUT2D eigenvalue weighted by molar-refractivity contribution is 6.01. The molecule has 0 aromatic heterocycles. The van der Waals surface area contributed by atoms with E-state index < -0.39 is 0 Å². The zero-order chi connectivity index (χ0) is 30.0. The van der Waals surface area contributed by atoms with E-state index in [2.05, 4.69) is 195 Å². The number of fused-ring (bicyclic) bond motifs is 2. The number of hydrogen-bond donors (Lipinski definition) is 0. The van der Waals surface area contributed by atoms with Gasteiger partial charge in [-0.2, -0.15) is 0 Å². The Labute approximate surface area is 261 Å². The molecule has 0 heterocycles. The van der Waals surface area contributed by atoms with Gasteiger partial charge in [-0.3, -0.25) is 0 Å². The summed E-state index contributed by atoms with van der Waals surface area (Å²) in [4.78, 5) is 0. The highest BCUT2D eigenvalue weighted by Crippen LogP contribution is 2.40. The first-order valence-electron chi connectivity index (χ1n) is 15.2. The first-order valence-corrected chi connectivity index (χ1v) is 15.2. The van der Waals surface area contributed by atoms with Crippen LogP contribution in [0.25, 0.3) is 39.1 Å². The minimum atomic E-state index is 0.314. The molecule has 0 heteroatoms. The molecule has 4 aromatic carbocycles. The fourth-order valence-corrected chi connectivity index (χ4v) is 5.84. The highest BCUT2D eigenvalue weighted by atomic mass is 14.3. The quantitative estimate of drug-likeness (QED) is 0.212. The molecule has 6 rings (SSSR count). The minimum absolute atomic E-state index is 0.314. The summed E-state index contributed by atoms with van der Waals surface area (Å²) in [7, 11) is 0. The van der Waals surface area contributed by atoms with Crippen LogP contribution in [-0.4, -0.2) is 0 Å². The number of benzene rings is 2. The van der Waals surface area contributed by atoms with Crippen LogP contribution >= 0.6 is 0 Å². The van der Waals surface area contributed by atoms with E-state index in [-0.39, 0.29) is 0 Å². The molecule has 212 valence electrons.